The summed E-state index contributed by atoms with van der Waals surface area (Å²) in [5.74, 6) is 4.84. The number of hydrazine groups is 1. The zero-order chi connectivity index (χ0) is 6.91. The van der Waals surface area contributed by atoms with Crippen LogP contribution in [-0.2, 0) is 4.79 Å². The molecule has 0 atom stereocenters. The third-order valence-electron chi connectivity index (χ3n) is 1.68. The summed E-state index contributed by atoms with van der Waals surface area (Å²) in [6.45, 7) is 0. The van der Waals surface area contributed by atoms with Crippen molar-refractivity contribution < 1.29 is 4.79 Å². The van der Waals surface area contributed by atoms with Crippen LogP contribution in [0.5, 0.6) is 0 Å². The maximum absolute atomic E-state index is 10.8. The molecule has 1 amide bonds. The zero-order valence-electron chi connectivity index (χ0n) is 5.39. The van der Waals surface area contributed by atoms with E-state index in [1.54, 1.807) is 0 Å². The van der Waals surface area contributed by atoms with E-state index in [4.69, 9.17) is 5.84 Å². The van der Waals surface area contributed by atoms with Gasteiger partial charge >= 0.3 is 0 Å². The lowest BCUT2D eigenvalue weighted by molar-refractivity contribution is -0.125. The molecular formula is C5H10BrClN2O. The van der Waals surface area contributed by atoms with Crippen LogP contribution in [0, 0.1) is 0 Å². The molecule has 0 aliphatic heterocycles. The van der Waals surface area contributed by atoms with Gasteiger partial charge in [0.25, 0.3) is 5.91 Å². The quantitative estimate of drug-likeness (QED) is 0.301. The van der Waals surface area contributed by atoms with E-state index in [1.807, 2.05) is 0 Å². The molecule has 10 heavy (non-hydrogen) atoms. The summed E-state index contributed by atoms with van der Waals surface area (Å²) in [5.41, 5.74) is 2.12. The average molecular weight is 230 g/mol. The fourth-order valence-corrected chi connectivity index (χ4v) is 1.52. The van der Waals surface area contributed by atoms with Crippen molar-refractivity contribution in [2.45, 2.75) is 23.6 Å². The summed E-state index contributed by atoms with van der Waals surface area (Å²) in [4.78, 5) is 10.8. The smallest absolute Gasteiger partial charge is 0.250 e. The molecule has 0 saturated heterocycles. The van der Waals surface area contributed by atoms with Gasteiger partial charge in [-0.25, -0.2) is 5.84 Å². The molecule has 1 aliphatic carbocycles. The highest BCUT2D eigenvalue weighted by Crippen LogP contribution is 2.39. The second-order valence-electron chi connectivity index (χ2n) is 2.29. The molecule has 1 fully saturated rings. The standard InChI is InChI=1S/C5H9BrN2O.ClH/c6-5(2-1-3-5)4(9)8-7;/h1-3,7H2,(H,8,9);1H. The van der Waals surface area contributed by atoms with Crippen LogP contribution in [0.25, 0.3) is 0 Å². The predicted octanol–water partition coefficient (Wildman–Crippen LogP) is 0.716. The first-order chi connectivity index (χ1) is 4.19. The normalized spacial score (nSPS) is 20.2. The van der Waals surface area contributed by atoms with Crippen molar-refractivity contribution >= 4 is 34.2 Å². The van der Waals surface area contributed by atoms with Gasteiger partial charge in [0.15, 0.2) is 0 Å². The molecule has 1 aliphatic rings. The number of carbonyl (C=O) groups excluding carboxylic acids is 1. The van der Waals surface area contributed by atoms with Crippen molar-refractivity contribution in [2.24, 2.45) is 5.84 Å². The van der Waals surface area contributed by atoms with Gasteiger partial charge in [0.1, 0.15) is 4.32 Å². The van der Waals surface area contributed by atoms with Gasteiger partial charge in [0.2, 0.25) is 0 Å². The number of nitrogens with one attached hydrogen (secondary N) is 1. The molecule has 60 valence electrons. The van der Waals surface area contributed by atoms with E-state index in [2.05, 4.69) is 21.4 Å². The molecule has 0 heterocycles. The molecule has 0 aromatic rings. The first kappa shape index (κ1) is 10.2. The van der Waals surface area contributed by atoms with E-state index in [1.165, 1.54) is 0 Å². The number of carbonyl (C=O) groups is 1. The minimum Gasteiger partial charge on any atom is -0.293 e. The van der Waals surface area contributed by atoms with Crippen molar-refractivity contribution in [2.75, 3.05) is 0 Å². The minimum absolute atomic E-state index is 0. The molecule has 3 N–H and O–H groups in total. The lowest BCUT2D eigenvalue weighted by Gasteiger charge is -2.33. The molecule has 0 aromatic carbocycles. The fraction of sp³-hybridized carbons (Fsp3) is 0.800. The van der Waals surface area contributed by atoms with Gasteiger partial charge in [0, 0.05) is 0 Å². The highest BCUT2D eigenvalue weighted by Gasteiger charge is 2.40. The van der Waals surface area contributed by atoms with E-state index in [-0.39, 0.29) is 22.6 Å². The van der Waals surface area contributed by atoms with Gasteiger partial charge in [0.05, 0.1) is 0 Å². The molecule has 5 heteroatoms. The highest BCUT2D eigenvalue weighted by atomic mass is 79.9. The molecule has 0 spiro atoms. The molecule has 3 nitrogen and oxygen atoms in total. The highest BCUT2D eigenvalue weighted by molar-refractivity contribution is 9.10. The number of nitrogens with two attached hydrogens (primary N) is 1. The van der Waals surface area contributed by atoms with Crippen LogP contribution < -0.4 is 11.3 Å². The SMILES string of the molecule is Cl.NNC(=O)C1(Br)CCC1. The Bertz CT molecular complexity index is 138. The van der Waals surface area contributed by atoms with Crippen LogP contribution in [-0.4, -0.2) is 10.2 Å². The van der Waals surface area contributed by atoms with E-state index >= 15 is 0 Å². The third-order valence-corrected chi connectivity index (χ3v) is 2.84. The number of alkyl halides is 1. The van der Waals surface area contributed by atoms with Gasteiger partial charge in [-0.3, -0.25) is 10.2 Å². The van der Waals surface area contributed by atoms with Crippen LogP contribution in [0.1, 0.15) is 19.3 Å². The van der Waals surface area contributed by atoms with Crippen molar-refractivity contribution in [3.8, 4) is 0 Å². The second kappa shape index (κ2) is 3.55. The topological polar surface area (TPSA) is 55.1 Å². The van der Waals surface area contributed by atoms with E-state index < -0.39 is 0 Å². The van der Waals surface area contributed by atoms with Crippen LogP contribution in [0.15, 0.2) is 0 Å². The number of amides is 1. The number of hydrogen-bond acceptors (Lipinski definition) is 2. The molecule has 0 aromatic heterocycles. The Morgan fingerprint density at radius 1 is 1.60 bits per heavy atom. The Balaban J connectivity index is 0.000000810. The molecule has 1 saturated carbocycles. The van der Waals surface area contributed by atoms with E-state index in [0.29, 0.717) is 0 Å². The Labute approximate surface area is 74.2 Å². The minimum atomic E-state index is -0.332. The van der Waals surface area contributed by atoms with Crippen LogP contribution in [0.3, 0.4) is 0 Å². The van der Waals surface area contributed by atoms with Gasteiger partial charge < -0.3 is 0 Å². The van der Waals surface area contributed by atoms with Crippen LogP contribution in [0.4, 0.5) is 0 Å². The van der Waals surface area contributed by atoms with Crippen LogP contribution in [0.2, 0.25) is 0 Å². The van der Waals surface area contributed by atoms with Crippen molar-refractivity contribution in [1.82, 2.24) is 5.43 Å². The van der Waals surface area contributed by atoms with Gasteiger partial charge in [-0.1, -0.05) is 15.9 Å². The Morgan fingerprint density at radius 2 is 2.10 bits per heavy atom. The van der Waals surface area contributed by atoms with Crippen molar-refractivity contribution in [3.05, 3.63) is 0 Å². The lowest BCUT2D eigenvalue weighted by Crippen LogP contribution is -2.49. The van der Waals surface area contributed by atoms with Crippen molar-refractivity contribution in [3.63, 3.8) is 0 Å². The molecular weight excluding hydrogens is 219 g/mol. The largest absolute Gasteiger partial charge is 0.293 e. The summed E-state index contributed by atoms with van der Waals surface area (Å²) in [7, 11) is 0. The Morgan fingerprint density at radius 3 is 2.20 bits per heavy atom. The summed E-state index contributed by atoms with van der Waals surface area (Å²) >= 11 is 3.30. The zero-order valence-corrected chi connectivity index (χ0v) is 7.80. The maximum atomic E-state index is 10.8. The number of halogens is 2. The maximum Gasteiger partial charge on any atom is 0.250 e. The first-order valence-electron chi connectivity index (χ1n) is 2.89. The fourth-order valence-electron chi connectivity index (χ4n) is 0.844. The molecule has 0 radical (unpaired) electrons. The lowest BCUT2D eigenvalue weighted by atomic mass is 9.84. The summed E-state index contributed by atoms with van der Waals surface area (Å²) in [5, 5.41) is 0. The summed E-state index contributed by atoms with van der Waals surface area (Å²) < 4.78 is -0.332. The molecule has 0 bridgehead atoms. The van der Waals surface area contributed by atoms with Crippen LogP contribution >= 0.6 is 28.3 Å². The van der Waals surface area contributed by atoms with Crippen molar-refractivity contribution in [1.29, 1.82) is 0 Å². The van der Waals surface area contributed by atoms with Gasteiger partial charge in [-0.15, -0.1) is 12.4 Å². The number of rotatable bonds is 1. The van der Waals surface area contributed by atoms with Gasteiger partial charge in [-0.05, 0) is 19.3 Å². The third kappa shape index (κ3) is 1.62. The van der Waals surface area contributed by atoms with E-state index in [9.17, 15) is 4.79 Å². The van der Waals surface area contributed by atoms with E-state index in [0.717, 1.165) is 19.3 Å². The monoisotopic (exact) mass is 228 g/mol. The predicted molar refractivity (Wildman–Crippen MR) is 45.1 cm³/mol. The Kier molecular flexibility index (Phi) is 3.62. The Hall–Kier alpha value is 0.200. The molecule has 0 unspecified atom stereocenters. The van der Waals surface area contributed by atoms with Gasteiger partial charge in [-0.2, -0.15) is 0 Å². The second-order valence-corrected chi connectivity index (χ2v) is 3.81. The average Bonchev–Trinajstić information content (AvgIpc) is 1.81. The summed E-state index contributed by atoms with van der Waals surface area (Å²) in [6, 6.07) is 0. The first-order valence-corrected chi connectivity index (χ1v) is 3.68. The number of hydrogen-bond donors (Lipinski definition) is 2. The summed E-state index contributed by atoms with van der Waals surface area (Å²) in [6.07, 6.45) is 2.91. The molecule has 1 rings (SSSR count).